The summed E-state index contributed by atoms with van der Waals surface area (Å²) in [7, 11) is -0.816. The van der Waals surface area contributed by atoms with Gasteiger partial charge in [0.2, 0.25) is 0 Å². The Balaban J connectivity index is 3.21. The van der Waals surface area contributed by atoms with Crippen molar-refractivity contribution in [3.8, 4) is 0 Å². The van der Waals surface area contributed by atoms with E-state index in [0.29, 0.717) is 5.41 Å². The molecule has 0 unspecified atom stereocenters. The molecule has 0 heterocycles. The lowest BCUT2D eigenvalue weighted by Crippen LogP contribution is -2.10. The molecule has 0 saturated carbocycles. The van der Waals surface area contributed by atoms with Gasteiger partial charge in [-0.25, -0.2) is 0 Å². The van der Waals surface area contributed by atoms with Gasteiger partial charge in [0.05, 0.1) is 6.61 Å². The summed E-state index contributed by atoms with van der Waals surface area (Å²) in [5.41, 5.74) is 0.378. The Morgan fingerprint density at radius 3 is 2.10 bits per heavy atom. The van der Waals surface area contributed by atoms with Crippen molar-refractivity contribution < 1.29 is 4.43 Å². The van der Waals surface area contributed by atoms with Crippen LogP contribution in [0.5, 0.6) is 0 Å². The predicted octanol–water partition coefficient (Wildman–Crippen LogP) is 2.58. The molecule has 0 aromatic carbocycles. The molecular weight excluding hydrogens is 140 g/mol. The summed E-state index contributed by atoms with van der Waals surface area (Å²) < 4.78 is 5.43. The average Bonchev–Trinajstić information content (AvgIpc) is 1.59. The van der Waals surface area contributed by atoms with Gasteiger partial charge in [0.15, 0.2) is 9.04 Å². The van der Waals surface area contributed by atoms with Gasteiger partial charge in [-0.3, -0.25) is 0 Å². The first kappa shape index (κ1) is 10.2. The van der Waals surface area contributed by atoms with Crippen molar-refractivity contribution in [3.05, 3.63) is 6.61 Å². The standard InChI is InChI=1S/C8H19OSi/c1-8(2,3)6-7-9-10(4)5/h7,10H,6H2,1-5H3. The molecule has 0 amide bonds. The Kier molecular flexibility index (Phi) is 4.21. The van der Waals surface area contributed by atoms with Crippen LogP contribution in [0.4, 0.5) is 0 Å². The van der Waals surface area contributed by atoms with E-state index < -0.39 is 9.04 Å². The molecule has 0 aliphatic carbocycles. The fourth-order valence-electron chi connectivity index (χ4n) is 0.491. The van der Waals surface area contributed by atoms with Crippen LogP contribution in [0.1, 0.15) is 27.2 Å². The zero-order chi connectivity index (χ0) is 8.20. The van der Waals surface area contributed by atoms with E-state index in [2.05, 4.69) is 33.9 Å². The molecule has 1 nitrogen and oxygen atoms in total. The molecule has 0 aromatic rings. The quantitative estimate of drug-likeness (QED) is 0.575. The SMILES string of the molecule is C[SiH](C)O[CH]CC(C)(C)C. The van der Waals surface area contributed by atoms with Gasteiger partial charge in [-0.05, 0) is 24.9 Å². The lowest BCUT2D eigenvalue weighted by molar-refractivity contribution is 0.310. The van der Waals surface area contributed by atoms with Crippen molar-refractivity contribution in [1.29, 1.82) is 0 Å². The predicted molar refractivity (Wildman–Crippen MR) is 48.3 cm³/mol. The molecule has 0 saturated heterocycles. The molecule has 10 heavy (non-hydrogen) atoms. The van der Waals surface area contributed by atoms with Crippen molar-refractivity contribution >= 4 is 9.04 Å². The molecule has 0 N–H and O–H groups in total. The van der Waals surface area contributed by atoms with Gasteiger partial charge in [-0.1, -0.05) is 20.8 Å². The van der Waals surface area contributed by atoms with Crippen LogP contribution >= 0.6 is 0 Å². The van der Waals surface area contributed by atoms with Crippen LogP contribution in [0.15, 0.2) is 0 Å². The summed E-state index contributed by atoms with van der Waals surface area (Å²) in [5, 5.41) is 0. The van der Waals surface area contributed by atoms with Gasteiger partial charge in [-0.2, -0.15) is 0 Å². The van der Waals surface area contributed by atoms with Crippen LogP contribution in [0.2, 0.25) is 13.1 Å². The van der Waals surface area contributed by atoms with E-state index in [1.165, 1.54) is 0 Å². The monoisotopic (exact) mass is 159 g/mol. The Morgan fingerprint density at radius 2 is 1.80 bits per heavy atom. The van der Waals surface area contributed by atoms with Crippen LogP contribution in [0, 0.1) is 12.0 Å². The third-order valence-electron chi connectivity index (χ3n) is 1.06. The van der Waals surface area contributed by atoms with Gasteiger partial charge in [0.25, 0.3) is 0 Å². The minimum Gasteiger partial charge on any atom is -0.415 e. The Bertz CT molecular complexity index is 83.7. The topological polar surface area (TPSA) is 9.23 Å². The molecule has 2 heteroatoms. The third-order valence-corrected chi connectivity index (χ3v) is 1.80. The lowest BCUT2D eigenvalue weighted by Gasteiger charge is -2.17. The highest BCUT2D eigenvalue weighted by Crippen LogP contribution is 2.20. The minimum absolute atomic E-state index is 0.378. The van der Waals surface area contributed by atoms with E-state index in [1.54, 1.807) is 0 Å². The molecule has 0 aromatic heterocycles. The fraction of sp³-hybridized carbons (Fsp3) is 0.875. The molecule has 61 valence electrons. The van der Waals surface area contributed by atoms with Gasteiger partial charge in [-0.15, -0.1) is 0 Å². The summed E-state index contributed by atoms with van der Waals surface area (Å²) >= 11 is 0. The Morgan fingerprint density at radius 1 is 1.30 bits per heavy atom. The maximum absolute atomic E-state index is 5.43. The van der Waals surface area contributed by atoms with Crippen LogP contribution in [0.3, 0.4) is 0 Å². The Labute approximate surface area is 66.5 Å². The van der Waals surface area contributed by atoms with E-state index in [0.717, 1.165) is 6.42 Å². The van der Waals surface area contributed by atoms with Gasteiger partial charge in [0, 0.05) is 0 Å². The van der Waals surface area contributed by atoms with Gasteiger partial charge < -0.3 is 4.43 Å². The van der Waals surface area contributed by atoms with Crippen LogP contribution < -0.4 is 0 Å². The molecule has 0 spiro atoms. The Hall–Kier alpha value is 0.177. The van der Waals surface area contributed by atoms with E-state index in [-0.39, 0.29) is 0 Å². The van der Waals surface area contributed by atoms with E-state index in [1.807, 2.05) is 6.61 Å². The summed E-state index contributed by atoms with van der Waals surface area (Å²) in [5.74, 6) is 0. The number of hydrogen-bond acceptors (Lipinski definition) is 1. The first-order chi connectivity index (χ1) is 4.42. The smallest absolute Gasteiger partial charge is 0.171 e. The molecule has 0 aliphatic heterocycles. The molecule has 1 radical (unpaired) electrons. The van der Waals surface area contributed by atoms with Crippen LogP contribution in [-0.4, -0.2) is 9.04 Å². The van der Waals surface area contributed by atoms with Crippen molar-refractivity contribution in [2.45, 2.75) is 40.3 Å². The first-order valence-corrected chi connectivity index (χ1v) is 6.67. The number of hydrogen-bond donors (Lipinski definition) is 0. The third kappa shape index (κ3) is 8.18. The minimum atomic E-state index is -0.816. The zero-order valence-corrected chi connectivity index (χ0v) is 8.92. The van der Waals surface area contributed by atoms with Gasteiger partial charge in [0.1, 0.15) is 0 Å². The highest BCUT2D eigenvalue weighted by Gasteiger charge is 2.09. The van der Waals surface area contributed by atoms with Crippen LogP contribution in [0.25, 0.3) is 0 Å². The molecule has 0 aliphatic rings. The van der Waals surface area contributed by atoms with E-state index in [9.17, 15) is 0 Å². The zero-order valence-electron chi connectivity index (χ0n) is 7.77. The molecule has 0 fully saturated rings. The highest BCUT2D eigenvalue weighted by molar-refractivity contribution is 6.48. The normalized spacial score (nSPS) is 12.6. The van der Waals surface area contributed by atoms with Crippen molar-refractivity contribution in [2.24, 2.45) is 5.41 Å². The largest absolute Gasteiger partial charge is 0.415 e. The summed E-state index contributed by atoms with van der Waals surface area (Å²) in [6.45, 7) is 13.0. The molecule has 0 rings (SSSR count). The summed E-state index contributed by atoms with van der Waals surface area (Å²) in [4.78, 5) is 0. The second-order valence-electron chi connectivity index (χ2n) is 4.12. The van der Waals surface area contributed by atoms with Crippen molar-refractivity contribution in [1.82, 2.24) is 0 Å². The maximum atomic E-state index is 5.43. The fourth-order valence-corrected chi connectivity index (χ4v) is 0.972. The van der Waals surface area contributed by atoms with Crippen molar-refractivity contribution in [2.75, 3.05) is 0 Å². The van der Waals surface area contributed by atoms with E-state index in [4.69, 9.17) is 4.43 Å². The van der Waals surface area contributed by atoms with Crippen LogP contribution in [-0.2, 0) is 4.43 Å². The summed E-state index contributed by atoms with van der Waals surface area (Å²) in [6.07, 6.45) is 1.05. The molecule has 0 bridgehead atoms. The average molecular weight is 159 g/mol. The summed E-state index contributed by atoms with van der Waals surface area (Å²) in [6, 6.07) is 0. The lowest BCUT2D eigenvalue weighted by atomic mass is 9.93. The first-order valence-electron chi connectivity index (χ1n) is 3.89. The van der Waals surface area contributed by atoms with Crippen molar-refractivity contribution in [3.63, 3.8) is 0 Å². The van der Waals surface area contributed by atoms with E-state index >= 15 is 0 Å². The number of rotatable bonds is 3. The van der Waals surface area contributed by atoms with Gasteiger partial charge >= 0.3 is 0 Å². The maximum Gasteiger partial charge on any atom is 0.171 e. The second kappa shape index (κ2) is 4.14. The highest BCUT2D eigenvalue weighted by atomic mass is 28.3. The second-order valence-corrected chi connectivity index (χ2v) is 6.49. The molecule has 0 atom stereocenters. The molecular formula is C8H19OSi.